The topological polar surface area (TPSA) is 41.2 Å². The van der Waals surface area contributed by atoms with E-state index in [1.165, 1.54) is 0 Å². The Kier molecular flexibility index (Phi) is 7.65. The van der Waals surface area contributed by atoms with E-state index in [4.69, 9.17) is 5.11 Å². The smallest absolute Gasteiger partial charge is 0.377 e. The first-order chi connectivity index (χ1) is 19.9. The van der Waals surface area contributed by atoms with Crippen molar-refractivity contribution < 1.29 is 80.2 Å². The molecule has 1 heterocycles. The highest BCUT2D eigenvalue weighted by Crippen LogP contribution is 2.27. The molecule has 1 N–H and O–H groups in total. The van der Waals surface area contributed by atoms with Gasteiger partial charge in [-0.2, -0.15) is 0 Å². The SMILES string of the molecule is O=C(O)c1cc[n+]([B-](c2c(F)c(F)c(F)c(F)c2F)(c2c(F)c(F)c(F)c(F)c2F)c2c(F)c(F)c(F)c(F)c2F)cc1. The Morgan fingerprint density at radius 3 is 0.860 bits per heavy atom. The maximum Gasteiger partial charge on any atom is 0.377 e. The third-order valence-corrected chi connectivity index (χ3v) is 6.53. The van der Waals surface area contributed by atoms with Crippen molar-refractivity contribution in [3.8, 4) is 0 Å². The first-order valence-corrected chi connectivity index (χ1v) is 10.9. The Hall–Kier alpha value is -4.71. The largest absolute Gasteiger partial charge is 0.478 e. The maximum absolute atomic E-state index is 15.4. The molecule has 226 valence electrons. The molecule has 0 fully saturated rings. The summed E-state index contributed by atoms with van der Waals surface area (Å²) in [6.07, 6.45) is -6.01. The fourth-order valence-electron chi connectivity index (χ4n) is 4.68. The Morgan fingerprint density at radius 1 is 0.442 bits per heavy atom. The van der Waals surface area contributed by atoms with Crippen LogP contribution < -0.4 is 20.9 Å². The fraction of sp³-hybridized carbons (Fsp3) is 0. The third kappa shape index (κ3) is 4.19. The summed E-state index contributed by atoms with van der Waals surface area (Å²) in [6.45, 7) is 0. The predicted molar refractivity (Wildman–Crippen MR) is 112 cm³/mol. The summed E-state index contributed by atoms with van der Waals surface area (Å²) in [7, 11) is 0. The first kappa shape index (κ1) is 31.2. The number of aromatic nitrogens is 1. The number of rotatable bonds is 5. The summed E-state index contributed by atoms with van der Waals surface area (Å²) in [6, 6.07) is 0.506. The molecule has 4 rings (SSSR count). The predicted octanol–water partition coefficient (Wildman–Crippen LogP) is 4.27. The number of benzene rings is 3. The molecule has 0 bridgehead atoms. The van der Waals surface area contributed by atoms with Crippen LogP contribution in [-0.2, 0) is 0 Å². The molecule has 0 saturated carbocycles. The molecule has 3 nitrogen and oxygen atoms in total. The second kappa shape index (κ2) is 10.5. The fourth-order valence-corrected chi connectivity index (χ4v) is 4.68. The van der Waals surface area contributed by atoms with Gasteiger partial charge in [-0.15, -0.1) is 0 Å². The first-order valence-electron chi connectivity index (χ1n) is 10.9. The highest BCUT2D eigenvalue weighted by Gasteiger charge is 2.56. The van der Waals surface area contributed by atoms with Crippen molar-refractivity contribution in [2.24, 2.45) is 0 Å². The van der Waals surface area contributed by atoms with Gasteiger partial charge in [-0.25, -0.2) is 70.7 Å². The minimum atomic E-state index is -6.03. The van der Waals surface area contributed by atoms with Gasteiger partial charge in [0.1, 0.15) is 47.3 Å². The number of carbonyl (C=O) groups is 1. The van der Waals surface area contributed by atoms with Gasteiger partial charge in [-0.3, -0.25) is 0 Å². The van der Waals surface area contributed by atoms with E-state index < -0.39 is 126 Å². The van der Waals surface area contributed by atoms with Crippen LogP contribution in [-0.4, -0.2) is 17.4 Å². The normalized spacial score (nSPS) is 11.8. The van der Waals surface area contributed by atoms with Crippen LogP contribution in [0.2, 0.25) is 0 Å². The zero-order valence-corrected chi connectivity index (χ0v) is 19.9. The number of carboxylic acids is 1. The number of pyridine rings is 1. The standard InChI is InChI=1S/C24H5BF15NO2/c26-9-6(10(27)16(33)21(38)15(9)32)25(41-3-1-5(2-4-41)24(42)43,7-11(28)17(34)22(39)18(35)12(7)29)8-13(30)19(36)23(40)20(37)14(8)31/h1-4H,(H,42,43). The van der Waals surface area contributed by atoms with Crippen LogP contribution in [0.5, 0.6) is 0 Å². The van der Waals surface area contributed by atoms with Crippen LogP contribution in [0.1, 0.15) is 10.4 Å². The van der Waals surface area contributed by atoms with Gasteiger partial charge in [0.15, 0.2) is 52.4 Å². The minimum absolute atomic E-state index is 0.0115. The lowest BCUT2D eigenvalue weighted by Crippen LogP contribution is -2.88. The highest BCUT2D eigenvalue weighted by atomic mass is 19.2. The Morgan fingerprint density at radius 2 is 0.651 bits per heavy atom. The van der Waals surface area contributed by atoms with Crippen molar-refractivity contribution in [2.75, 3.05) is 0 Å². The highest BCUT2D eigenvalue weighted by molar-refractivity contribution is 7.05. The number of carboxylic acid groups (broad SMARTS) is 1. The number of halogens is 15. The van der Waals surface area contributed by atoms with Crippen molar-refractivity contribution in [1.82, 2.24) is 0 Å². The summed E-state index contributed by atoms with van der Waals surface area (Å²) in [5.74, 6) is -49.0. The van der Waals surface area contributed by atoms with Gasteiger partial charge in [0.2, 0.25) is 0 Å². The number of hydrogen-bond donors (Lipinski definition) is 1. The van der Waals surface area contributed by atoms with Gasteiger partial charge in [-0.05, 0) is 16.4 Å². The molecule has 0 radical (unpaired) electrons. The summed E-state index contributed by atoms with van der Waals surface area (Å²) in [5.41, 5.74) is -9.45. The zero-order valence-electron chi connectivity index (χ0n) is 19.9. The van der Waals surface area contributed by atoms with Gasteiger partial charge < -0.3 is 9.58 Å². The minimum Gasteiger partial charge on any atom is -0.478 e. The quantitative estimate of drug-likeness (QED) is 0.154. The lowest BCUT2D eigenvalue weighted by molar-refractivity contribution is -0.539. The molecule has 1 aromatic heterocycles. The molecule has 0 atom stereocenters. The number of aromatic carboxylic acids is 1. The molecule has 0 aliphatic carbocycles. The van der Waals surface area contributed by atoms with Crippen molar-refractivity contribution in [3.63, 3.8) is 0 Å². The van der Waals surface area contributed by atoms with E-state index in [0.717, 1.165) is 0 Å². The second-order valence-corrected chi connectivity index (χ2v) is 8.61. The summed E-state index contributed by atoms with van der Waals surface area (Å²) < 4.78 is 221. The zero-order chi connectivity index (χ0) is 32.5. The second-order valence-electron chi connectivity index (χ2n) is 8.61. The van der Waals surface area contributed by atoms with Gasteiger partial charge in [0, 0.05) is 12.1 Å². The Balaban J connectivity index is 2.54. The van der Waals surface area contributed by atoms with E-state index in [-0.39, 0.29) is 24.5 Å². The van der Waals surface area contributed by atoms with E-state index in [9.17, 15) is 44.3 Å². The molecule has 0 spiro atoms. The van der Waals surface area contributed by atoms with Crippen LogP contribution in [0, 0.1) is 87.3 Å². The van der Waals surface area contributed by atoms with E-state index in [0.29, 0.717) is 0 Å². The van der Waals surface area contributed by atoms with Crippen LogP contribution in [0.25, 0.3) is 0 Å². The number of nitrogens with zero attached hydrogens (tertiary/aromatic N) is 1. The lowest BCUT2D eigenvalue weighted by Gasteiger charge is -2.38. The molecule has 0 aliphatic heterocycles. The molecular weight excluding hydrogens is 630 g/mol. The number of hydrogen-bond acceptors (Lipinski definition) is 1. The average Bonchev–Trinajstić information content (AvgIpc) is 2.98. The molecule has 0 aliphatic rings. The van der Waals surface area contributed by atoms with Crippen molar-refractivity contribution in [1.29, 1.82) is 0 Å². The molecule has 3 aromatic carbocycles. The van der Waals surface area contributed by atoms with Crippen molar-refractivity contribution >= 4 is 28.6 Å². The van der Waals surface area contributed by atoms with Crippen molar-refractivity contribution in [3.05, 3.63) is 117 Å². The van der Waals surface area contributed by atoms with E-state index in [1.54, 1.807) is 0 Å². The summed E-state index contributed by atoms with van der Waals surface area (Å²) in [5, 5.41) is 9.12. The molecular formula is C24H5BF15NO2. The van der Waals surface area contributed by atoms with Gasteiger partial charge in [0.05, 0.1) is 5.56 Å². The molecule has 19 heteroatoms. The third-order valence-electron chi connectivity index (χ3n) is 6.53. The van der Waals surface area contributed by atoms with Crippen molar-refractivity contribution in [2.45, 2.75) is 0 Å². The molecule has 43 heavy (non-hydrogen) atoms. The van der Waals surface area contributed by atoms with Gasteiger partial charge in [0.25, 0.3) is 0 Å². The molecule has 0 unspecified atom stereocenters. The van der Waals surface area contributed by atoms with E-state index in [1.807, 2.05) is 0 Å². The maximum atomic E-state index is 15.4. The Labute approximate surface area is 227 Å². The van der Waals surface area contributed by atoms with Crippen LogP contribution in [0.15, 0.2) is 24.5 Å². The average molecular weight is 635 g/mol. The summed E-state index contributed by atoms with van der Waals surface area (Å²) in [4.78, 5) is 11.3. The summed E-state index contributed by atoms with van der Waals surface area (Å²) >= 11 is 0. The van der Waals surface area contributed by atoms with Gasteiger partial charge in [-0.1, -0.05) is 0 Å². The van der Waals surface area contributed by atoms with Crippen LogP contribution >= 0.6 is 0 Å². The Bertz CT molecular complexity index is 1610. The van der Waals surface area contributed by atoms with Crippen LogP contribution in [0.3, 0.4) is 0 Å². The van der Waals surface area contributed by atoms with Gasteiger partial charge >= 0.3 is 12.3 Å². The molecule has 0 amide bonds. The molecule has 0 saturated heterocycles. The monoisotopic (exact) mass is 635 g/mol. The van der Waals surface area contributed by atoms with Crippen LogP contribution in [0.4, 0.5) is 65.9 Å². The molecule has 4 aromatic rings. The van der Waals surface area contributed by atoms with E-state index >= 15 is 26.3 Å². The van der Waals surface area contributed by atoms with E-state index in [2.05, 4.69) is 0 Å². The lowest BCUT2D eigenvalue weighted by atomic mass is 9.23.